The van der Waals surface area contributed by atoms with Crippen LogP contribution in [0.1, 0.15) is 21.6 Å². The van der Waals surface area contributed by atoms with Crippen LogP contribution in [0.2, 0.25) is 10.0 Å². The molecule has 0 atom stereocenters. The van der Waals surface area contributed by atoms with Gasteiger partial charge >= 0.3 is 0 Å². The Morgan fingerprint density at radius 2 is 1.72 bits per heavy atom. The predicted octanol–water partition coefficient (Wildman–Crippen LogP) is 4.65. The number of nitrogens with zero attached hydrogens (tertiary/aromatic N) is 3. The van der Waals surface area contributed by atoms with E-state index in [0.29, 0.717) is 28.8 Å². The van der Waals surface area contributed by atoms with Crippen molar-refractivity contribution in [2.75, 3.05) is 26.2 Å². The van der Waals surface area contributed by atoms with Gasteiger partial charge in [0, 0.05) is 38.3 Å². The van der Waals surface area contributed by atoms with Crippen molar-refractivity contribution < 1.29 is 4.79 Å². The molecular weight excluding hydrogens is 407 g/mol. The molecule has 0 aliphatic carbocycles. The first-order valence-electron chi connectivity index (χ1n) is 9.57. The molecule has 3 aromatic rings. The number of aromatic amines is 1. The molecule has 1 fully saturated rings. The van der Waals surface area contributed by atoms with Crippen LogP contribution < -0.4 is 0 Å². The van der Waals surface area contributed by atoms with Gasteiger partial charge in [0.2, 0.25) is 0 Å². The Morgan fingerprint density at radius 3 is 2.41 bits per heavy atom. The summed E-state index contributed by atoms with van der Waals surface area (Å²) in [5.74, 6) is -0.00921. The number of carbonyl (C=O) groups excluding carboxylic acids is 1. The van der Waals surface area contributed by atoms with E-state index >= 15 is 0 Å². The molecule has 0 saturated carbocycles. The van der Waals surface area contributed by atoms with Gasteiger partial charge in [0.1, 0.15) is 5.69 Å². The molecule has 0 spiro atoms. The van der Waals surface area contributed by atoms with Crippen LogP contribution in [0.3, 0.4) is 0 Å². The van der Waals surface area contributed by atoms with Gasteiger partial charge in [-0.3, -0.25) is 14.8 Å². The summed E-state index contributed by atoms with van der Waals surface area (Å²) in [4.78, 5) is 17.0. The van der Waals surface area contributed by atoms with Gasteiger partial charge < -0.3 is 4.90 Å². The zero-order chi connectivity index (χ0) is 20.4. The topological polar surface area (TPSA) is 52.2 Å². The minimum atomic E-state index is -0.00921. The Bertz CT molecular complexity index is 1010. The Kier molecular flexibility index (Phi) is 5.90. The average Bonchev–Trinajstić information content (AvgIpc) is 3.21. The fraction of sp³-hybridized carbons (Fsp3) is 0.273. The van der Waals surface area contributed by atoms with E-state index in [1.54, 1.807) is 0 Å². The molecule has 1 saturated heterocycles. The lowest BCUT2D eigenvalue weighted by Crippen LogP contribution is -2.48. The lowest BCUT2D eigenvalue weighted by molar-refractivity contribution is 0.0622. The number of H-pyrrole nitrogens is 1. The van der Waals surface area contributed by atoms with E-state index in [2.05, 4.69) is 15.1 Å². The van der Waals surface area contributed by atoms with Crippen molar-refractivity contribution in [2.24, 2.45) is 0 Å². The lowest BCUT2D eigenvalue weighted by Gasteiger charge is -2.34. The van der Waals surface area contributed by atoms with Gasteiger partial charge in [-0.2, -0.15) is 5.10 Å². The number of piperazine rings is 1. The third kappa shape index (κ3) is 4.64. The second-order valence-corrected chi connectivity index (χ2v) is 8.16. The fourth-order valence-electron chi connectivity index (χ4n) is 3.48. The van der Waals surface area contributed by atoms with Crippen molar-refractivity contribution in [3.8, 4) is 11.3 Å². The van der Waals surface area contributed by atoms with E-state index in [0.717, 1.165) is 36.5 Å². The number of nitrogens with one attached hydrogen (secondary N) is 1. The number of halogens is 2. The molecule has 4 rings (SSSR count). The summed E-state index contributed by atoms with van der Waals surface area (Å²) in [6.45, 7) is 5.82. The Labute approximate surface area is 180 Å². The lowest BCUT2D eigenvalue weighted by atomic mass is 10.1. The molecule has 0 bridgehead atoms. The van der Waals surface area contributed by atoms with Crippen LogP contribution in [0.15, 0.2) is 48.5 Å². The van der Waals surface area contributed by atoms with Gasteiger partial charge in [-0.05, 0) is 30.7 Å². The van der Waals surface area contributed by atoms with Gasteiger partial charge in [-0.15, -0.1) is 0 Å². The molecular formula is C22H22Cl2N4O. The minimum Gasteiger partial charge on any atom is -0.335 e. The molecule has 1 aromatic heterocycles. The van der Waals surface area contributed by atoms with E-state index in [9.17, 15) is 4.79 Å². The molecule has 0 radical (unpaired) electrons. The van der Waals surface area contributed by atoms with Crippen molar-refractivity contribution in [2.45, 2.75) is 13.5 Å². The molecule has 2 heterocycles. The van der Waals surface area contributed by atoms with E-state index in [4.69, 9.17) is 23.2 Å². The number of benzene rings is 2. The molecule has 1 aliphatic heterocycles. The Morgan fingerprint density at radius 1 is 1.00 bits per heavy atom. The Balaban J connectivity index is 1.35. The van der Waals surface area contributed by atoms with Gasteiger partial charge in [0.05, 0.1) is 15.7 Å². The first-order valence-corrected chi connectivity index (χ1v) is 10.3. The maximum Gasteiger partial charge on any atom is 0.271 e. The third-order valence-corrected chi connectivity index (χ3v) is 5.94. The standard InChI is InChI=1S/C22H22Cl2N4O/c1-15-2-5-17(6-3-15)20-13-21(26-25-20)22(29)28-10-8-27(9-11-28)14-16-4-7-18(23)19(24)12-16/h2-7,12-13H,8-11,14H2,1H3,(H,25,26). The summed E-state index contributed by atoms with van der Waals surface area (Å²) in [5, 5.41) is 8.34. The molecule has 150 valence electrons. The van der Waals surface area contributed by atoms with Crippen molar-refractivity contribution in [3.63, 3.8) is 0 Å². The molecule has 5 nitrogen and oxygen atoms in total. The van der Waals surface area contributed by atoms with Crippen LogP contribution in [0.5, 0.6) is 0 Å². The van der Waals surface area contributed by atoms with Crippen LogP contribution in [-0.2, 0) is 6.54 Å². The smallest absolute Gasteiger partial charge is 0.271 e. The number of hydrogen-bond acceptors (Lipinski definition) is 3. The summed E-state index contributed by atoms with van der Waals surface area (Å²) < 4.78 is 0. The third-order valence-electron chi connectivity index (χ3n) is 5.21. The number of carbonyl (C=O) groups is 1. The van der Waals surface area contributed by atoms with Crippen LogP contribution in [0.25, 0.3) is 11.3 Å². The van der Waals surface area contributed by atoms with E-state index in [1.807, 2.05) is 60.4 Å². The monoisotopic (exact) mass is 428 g/mol. The largest absolute Gasteiger partial charge is 0.335 e. The summed E-state index contributed by atoms with van der Waals surface area (Å²) >= 11 is 12.1. The first kappa shape index (κ1) is 20.0. The molecule has 2 aromatic carbocycles. The number of rotatable bonds is 4. The molecule has 1 aliphatic rings. The van der Waals surface area contributed by atoms with Gasteiger partial charge in [-0.1, -0.05) is 59.1 Å². The highest BCUT2D eigenvalue weighted by Crippen LogP contribution is 2.24. The van der Waals surface area contributed by atoms with Crippen molar-refractivity contribution in [1.82, 2.24) is 20.0 Å². The molecule has 7 heteroatoms. The van der Waals surface area contributed by atoms with Crippen LogP contribution >= 0.6 is 23.2 Å². The van der Waals surface area contributed by atoms with Crippen LogP contribution in [0.4, 0.5) is 0 Å². The van der Waals surface area contributed by atoms with Crippen molar-refractivity contribution >= 4 is 29.1 Å². The minimum absolute atomic E-state index is 0.00921. The normalized spacial score (nSPS) is 14.9. The highest BCUT2D eigenvalue weighted by molar-refractivity contribution is 6.42. The van der Waals surface area contributed by atoms with Crippen molar-refractivity contribution in [3.05, 3.63) is 75.4 Å². The zero-order valence-electron chi connectivity index (χ0n) is 16.2. The highest BCUT2D eigenvalue weighted by atomic mass is 35.5. The second-order valence-electron chi connectivity index (χ2n) is 7.35. The Hall–Kier alpha value is -2.34. The van der Waals surface area contributed by atoms with Gasteiger partial charge in [0.25, 0.3) is 5.91 Å². The first-order chi connectivity index (χ1) is 14.0. The van der Waals surface area contributed by atoms with E-state index in [1.165, 1.54) is 5.56 Å². The number of amides is 1. The summed E-state index contributed by atoms with van der Waals surface area (Å²) in [5.41, 5.74) is 4.62. The number of aryl methyl sites for hydroxylation is 1. The summed E-state index contributed by atoms with van der Waals surface area (Å²) in [6, 6.07) is 15.7. The average molecular weight is 429 g/mol. The van der Waals surface area contributed by atoms with Gasteiger partial charge in [-0.25, -0.2) is 0 Å². The highest BCUT2D eigenvalue weighted by Gasteiger charge is 2.23. The van der Waals surface area contributed by atoms with Crippen LogP contribution in [0, 0.1) is 6.92 Å². The quantitative estimate of drug-likeness (QED) is 0.657. The summed E-state index contributed by atoms with van der Waals surface area (Å²) in [6.07, 6.45) is 0. The van der Waals surface area contributed by atoms with E-state index < -0.39 is 0 Å². The second kappa shape index (κ2) is 8.57. The SMILES string of the molecule is Cc1ccc(-c2cc(C(=O)N3CCN(Cc4ccc(Cl)c(Cl)c4)CC3)[nH]n2)cc1. The maximum absolute atomic E-state index is 12.8. The molecule has 1 N–H and O–H groups in total. The fourth-order valence-corrected chi connectivity index (χ4v) is 3.80. The molecule has 29 heavy (non-hydrogen) atoms. The predicted molar refractivity (Wildman–Crippen MR) is 116 cm³/mol. The summed E-state index contributed by atoms with van der Waals surface area (Å²) in [7, 11) is 0. The van der Waals surface area contributed by atoms with Crippen molar-refractivity contribution in [1.29, 1.82) is 0 Å². The van der Waals surface area contributed by atoms with Gasteiger partial charge in [0.15, 0.2) is 0 Å². The zero-order valence-corrected chi connectivity index (χ0v) is 17.7. The molecule has 0 unspecified atom stereocenters. The van der Waals surface area contributed by atoms with Crippen LogP contribution in [-0.4, -0.2) is 52.1 Å². The number of hydrogen-bond donors (Lipinski definition) is 1. The molecule has 1 amide bonds. The number of aromatic nitrogens is 2. The maximum atomic E-state index is 12.8. The van der Waals surface area contributed by atoms with E-state index in [-0.39, 0.29) is 5.91 Å².